The molecule has 1 aromatic carbocycles. The molecular formula is C34H45N7O4. The highest BCUT2D eigenvalue weighted by atomic mass is 16.7. The number of esters is 1. The van der Waals surface area contributed by atoms with E-state index >= 15 is 0 Å². The van der Waals surface area contributed by atoms with Crippen molar-refractivity contribution in [3.63, 3.8) is 0 Å². The molecule has 1 saturated heterocycles. The Morgan fingerprint density at radius 1 is 1.13 bits per heavy atom. The lowest BCUT2D eigenvalue weighted by molar-refractivity contribution is -0.157. The summed E-state index contributed by atoms with van der Waals surface area (Å²) in [6.07, 6.45) is 6.69. The summed E-state index contributed by atoms with van der Waals surface area (Å²) in [5, 5.41) is 10.3. The maximum absolute atomic E-state index is 13.3. The van der Waals surface area contributed by atoms with E-state index in [1.807, 2.05) is 39.0 Å². The van der Waals surface area contributed by atoms with Crippen LogP contribution in [0, 0.1) is 0 Å². The molecule has 0 unspecified atom stereocenters. The van der Waals surface area contributed by atoms with Crippen LogP contribution in [-0.2, 0) is 28.9 Å². The first-order chi connectivity index (χ1) is 21.8. The van der Waals surface area contributed by atoms with Crippen LogP contribution in [0.25, 0.3) is 0 Å². The van der Waals surface area contributed by atoms with Gasteiger partial charge in [-0.25, -0.2) is 15.0 Å². The average molecular weight is 616 g/mol. The second-order valence-corrected chi connectivity index (χ2v) is 12.9. The molecule has 240 valence electrons. The molecule has 3 aliphatic rings. The van der Waals surface area contributed by atoms with Crippen molar-refractivity contribution < 1.29 is 19.0 Å². The van der Waals surface area contributed by atoms with Crippen molar-refractivity contribution in [2.45, 2.75) is 83.9 Å². The molecule has 0 amide bonds. The Morgan fingerprint density at radius 3 is 2.76 bits per heavy atom. The van der Waals surface area contributed by atoms with E-state index in [1.54, 1.807) is 6.33 Å². The number of nitrogens with zero attached hydrogens (tertiary/aromatic N) is 4. The summed E-state index contributed by atoms with van der Waals surface area (Å²) >= 11 is 0. The first-order valence-electron chi connectivity index (χ1n) is 16.2. The number of anilines is 3. The van der Waals surface area contributed by atoms with Crippen molar-refractivity contribution in [1.82, 2.24) is 20.3 Å². The van der Waals surface area contributed by atoms with Gasteiger partial charge in [-0.1, -0.05) is 19.1 Å². The summed E-state index contributed by atoms with van der Waals surface area (Å²) in [5.41, 5.74) is 3.93. The Balaban J connectivity index is 1.11. The third kappa shape index (κ3) is 7.41. The molecular weight excluding hydrogens is 570 g/mol. The largest absolute Gasteiger partial charge is 0.459 e. The molecule has 0 bridgehead atoms. The van der Waals surface area contributed by atoms with Gasteiger partial charge in [0.25, 0.3) is 0 Å². The average Bonchev–Trinajstić information content (AvgIpc) is 3.52. The van der Waals surface area contributed by atoms with Crippen LogP contribution in [-0.4, -0.2) is 65.5 Å². The van der Waals surface area contributed by atoms with E-state index in [2.05, 4.69) is 44.9 Å². The Kier molecular flexibility index (Phi) is 9.25. The van der Waals surface area contributed by atoms with E-state index in [-0.39, 0.29) is 12.8 Å². The molecule has 0 saturated carbocycles. The van der Waals surface area contributed by atoms with Crippen molar-refractivity contribution in [2.24, 2.45) is 0 Å². The second kappa shape index (κ2) is 13.5. The minimum atomic E-state index is -0.607. The third-order valence-electron chi connectivity index (χ3n) is 8.56. The predicted octanol–water partition coefficient (Wildman–Crippen LogP) is 4.82. The molecule has 11 nitrogen and oxygen atoms in total. The fourth-order valence-corrected chi connectivity index (χ4v) is 6.21. The number of fused-ring (bicyclic) bond motifs is 2. The van der Waals surface area contributed by atoms with Crippen LogP contribution in [0.3, 0.4) is 0 Å². The number of rotatable bonds is 10. The van der Waals surface area contributed by atoms with E-state index in [9.17, 15) is 4.79 Å². The lowest BCUT2D eigenvalue weighted by Gasteiger charge is -2.34. The third-order valence-corrected chi connectivity index (χ3v) is 8.56. The van der Waals surface area contributed by atoms with Gasteiger partial charge in [-0.05, 0) is 82.2 Å². The molecule has 2 aromatic heterocycles. The van der Waals surface area contributed by atoms with Gasteiger partial charge < -0.3 is 29.7 Å². The van der Waals surface area contributed by atoms with Crippen LogP contribution in [0.1, 0.15) is 75.3 Å². The van der Waals surface area contributed by atoms with Gasteiger partial charge in [-0.3, -0.25) is 10.1 Å². The van der Waals surface area contributed by atoms with Crippen molar-refractivity contribution in [2.75, 3.05) is 48.5 Å². The van der Waals surface area contributed by atoms with Gasteiger partial charge in [0.2, 0.25) is 6.79 Å². The molecule has 3 aliphatic heterocycles. The van der Waals surface area contributed by atoms with Gasteiger partial charge in [0, 0.05) is 49.9 Å². The first kappa shape index (κ1) is 30.9. The number of carbonyl (C=O) groups is 1. The molecule has 3 N–H and O–H groups in total. The normalized spacial score (nSPS) is 16.9. The Morgan fingerprint density at radius 2 is 1.96 bits per heavy atom. The number of nitrogens with one attached hydrogen (secondary N) is 3. The number of aromatic nitrogens is 3. The van der Waals surface area contributed by atoms with E-state index in [0.29, 0.717) is 24.8 Å². The van der Waals surface area contributed by atoms with Crippen LogP contribution in [0.15, 0.2) is 36.7 Å². The molecule has 11 heteroatoms. The number of piperidine rings is 1. The molecule has 1 atom stereocenters. The maximum atomic E-state index is 13.3. The van der Waals surface area contributed by atoms with Crippen molar-refractivity contribution >= 4 is 23.4 Å². The summed E-state index contributed by atoms with van der Waals surface area (Å²) in [6.45, 7) is 11.5. The first-order valence-corrected chi connectivity index (χ1v) is 16.2. The summed E-state index contributed by atoms with van der Waals surface area (Å²) in [5.74, 6) is 4.31. The van der Waals surface area contributed by atoms with E-state index in [0.717, 1.165) is 79.6 Å². The Bertz CT molecular complexity index is 1500. The zero-order valence-electron chi connectivity index (χ0n) is 26.8. The SMILES string of the molecule is CCc1c(NC[C@H](NCc2ccc3c(c2)OCO3)C(=O)OC(C)(C)C)ncnc1N1CCC(c2ccc3c(n2)NCCC3)CC1. The number of benzene rings is 1. The van der Waals surface area contributed by atoms with Crippen LogP contribution in [0.4, 0.5) is 17.5 Å². The molecule has 1 fully saturated rings. The monoisotopic (exact) mass is 615 g/mol. The lowest BCUT2D eigenvalue weighted by atomic mass is 9.92. The quantitative estimate of drug-likeness (QED) is 0.272. The van der Waals surface area contributed by atoms with Gasteiger partial charge in [-0.15, -0.1) is 0 Å². The topological polar surface area (TPSA) is 123 Å². The fraction of sp³-hybridized carbons (Fsp3) is 0.529. The number of aryl methyl sites for hydroxylation is 1. The number of carbonyl (C=O) groups excluding carboxylic acids is 1. The van der Waals surface area contributed by atoms with Gasteiger partial charge in [-0.2, -0.15) is 0 Å². The highest BCUT2D eigenvalue weighted by Gasteiger charge is 2.28. The van der Waals surface area contributed by atoms with Gasteiger partial charge in [0.05, 0.1) is 0 Å². The number of pyridine rings is 1. The van der Waals surface area contributed by atoms with E-state index in [1.165, 1.54) is 17.7 Å². The van der Waals surface area contributed by atoms with Crippen LogP contribution < -0.4 is 30.3 Å². The maximum Gasteiger partial charge on any atom is 0.325 e. The smallest absolute Gasteiger partial charge is 0.325 e. The minimum absolute atomic E-state index is 0.221. The highest BCUT2D eigenvalue weighted by Crippen LogP contribution is 2.34. The Hall–Kier alpha value is -4.12. The molecule has 3 aromatic rings. The number of hydrogen-bond acceptors (Lipinski definition) is 11. The van der Waals surface area contributed by atoms with Crippen LogP contribution >= 0.6 is 0 Å². The molecule has 45 heavy (non-hydrogen) atoms. The molecule has 6 rings (SSSR count). The molecule has 0 radical (unpaired) electrons. The van der Waals surface area contributed by atoms with Crippen LogP contribution in [0.5, 0.6) is 11.5 Å². The van der Waals surface area contributed by atoms with Gasteiger partial charge >= 0.3 is 5.97 Å². The molecule has 0 spiro atoms. The molecule has 5 heterocycles. The highest BCUT2D eigenvalue weighted by molar-refractivity contribution is 5.77. The van der Waals surface area contributed by atoms with Gasteiger partial charge in [0.1, 0.15) is 35.4 Å². The minimum Gasteiger partial charge on any atom is -0.459 e. The van der Waals surface area contributed by atoms with E-state index in [4.69, 9.17) is 24.2 Å². The summed E-state index contributed by atoms with van der Waals surface area (Å²) in [6, 6.07) is 9.66. The van der Waals surface area contributed by atoms with Crippen molar-refractivity contribution in [3.05, 3.63) is 59.0 Å². The summed E-state index contributed by atoms with van der Waals surface area (Å²) in [4.78, 5) is 29.9. The summed E-state index contributed by atoms with van der Waals surface area (Å²) in [7, 11) is 0. The fourth-order valence-electron chi connectivity index (χ4n) is 6.21. The number of hydrogen-bond donors (Lipinski definition) is 3. The van der Waals surface area contributed by atoms with Crippen molar-refractivity contribution in [1.29, 1.82) is 0 Å². The lowest BCUT2D eigenvalue weighted by Crippen LogP contribution is -2.45. The molecule has 0 aliphatic carbocycles. The zero-order valence-corrected chi connectivity index (χ0v) is 26.8. The van der Waals surface area contributed by atoms with Gasteiger partial charge in [0.15, 0.2) is 11.5 Å². The van der Waals surface area contributed by atoms with Crippen molar-refractivity contribution in [3.8, 4) is 11.5 Å². The second-order valence-electron chi connectivity index (χ2n) is 12.9. The van der Waals surface area contributed by atoms with Crippen LogP contribution in [0.2, 0.25) is 0 Å². The van der Waals surface area contributed by atoms with E-state index < -0.39 is 11.6 Å². The number of ether oxygens (including phenoxy) is 3. The standard InChI is InChI=1S/C34H45N7O4/c1-5-25-31(37-19-27(33(42)45-34(2,3)4)36-18-22-8-11-28-29(17-22)44-21-43-28)38-20-39-32(25)41-15-12-23(13-16-41)26-10-9-24-7-6-14-35-30(24)40-26/h8-11,17,20,23,27,36H,5-7,12-16,18-19,21H2,1-4H3,(H,35,40)(H,37,38,39)/t27-/m0/s1. The summed E-state index contributed by atoms with van der Waals surface area (Å²) < 4.78 is 16.7. The zero-order chi connectivity index (χ0) is 31.4. The Labute approximate surface area is 265 Å². The predicted molar refractivity (Wildman–Crippen MR) is 174 cm³/mol.